The first-order chi connectivity index (χ1) is 5.20. The van der Waals surface area contributed by atoms with Crippen LogP contribution in [0.5, 0.6) is 0 Å². The molecule has 0 aliphatic heterocycles. The zero-order chi connectivity index (χ0) is 8.69. The van der Waals surface area contributed by atoms with Gasteiger partial charge in [-0.25, -0.2) is 0 Å². The smallest absolute Gasteiger partial charge is 0.178 e. The third kappa shape index (κ3) is 4.84. The highest BCUT2D eigenvalue weighted by Gasteiger charge is 1.97. The second-order valence-electron chi connectivity index (χ2n) is 1.65. The number of carbonyl (C=O) groups is 2. The minimum atomic E-state index is -0.121. The van der Waals surface area contributed by atoms with E-state index >= 15 is 0 Å². The fourth-order valence-corrected chi connectivity index (χ4v) is 0.440. The van der Waals surface area contributed by atoms with Crippen LogP contribution in [0.1, 0.15) is 0 Å². The van der Waals surface area contributed by atoms with Crippen LogP contribution < -0.4 is 0 Å². The van der Waals surface area contributed by atoms with Crippen LogP contribution in [-0.4, -0.2) is 16.7 Å². The molecule has 1 rings (SSSR count). The first-order valence-electron chi connectivity index (χ1n) is 2.90. The summed E-state index contributed by atoms with van der Waals surface area (Å²) in [7, 11) is 0. The molecule has 0 amide bonds. The molecular formula is C8H8O3. The molecule has 0 saturated heterocycles. The van der Waals surface area contributed by atoms with E-state index in [-0.39, 0.29) is 11.6 Å². The largest absolute Gasteiger partial charge is 0.516 e. The summed E-state index contributed by atoms with van der Waals surface area (Å²) in [6, 6.07) is 0. The van der Waals surface area contributed by atoms with Gasteiger partial charge in [-0.05, 0) is 24.3 Å². The molecule has 0 aromatic rings. The highest BCUT2D eigenvalue weighted by atomic mass is 16.2. The van der Waals surface area contributed by atoms with E-state index in [4.69, 9.17) is 5.11 Å². The Hall–Kier alpha value is -1.64. The number of aliphatic hydroxyl groups excluding tert-OH is 1. The van der Waals surface area contributed by atoms with Gasteiger partial charge in [0.1, 0.15) is 0 Å². The van der Waals surface area contributed by atoms with Crippen LogP contribution in [0.3, 0.4) is 0 Å². The zero-order valence-corrected chi connectivity index (χ0v) is 5.86. The van der Waals surface area contributed by atoms with Gasteiger partial charge in [0.2, 0.25) is 0 Å². The maximum Gasteiger partial charge on any atom is 0.178 e. The minimum Gasteiger partial charge on any atom is -0.516 e. The fourth-order valence-electron chi connectivity index (χ4n) is 0.440. The second kappa shape index (κ2) is 5.17. The van der Waals surface area contributed by atoms with Crippen LogP contribution in [0, 0.1) is 0 Å². The van der Waals surface area contributed by atoms with E-state index in [0.717, 1.165) is 6.26 Å². The molecule has 0 heterocycles. The molecule has 0 unspecified atom stereocenters. The van der Waals surface area contributed by atoms with E-state index < -0.39 is 0 Å². The molecule has 0 fully saturated rings. The van der Waals surface area contributed by atoms with Crippen LogP contribution in [0.2, 0.25) is 0 Å². The van der Waals surface area contributed by atoms with E-state index in [1.54, 1.807) is 0 Å². The van der Waals surface area contributed by atoms with Crippen LogP contribution >= 0.6 is 0 Å². The summed E-state index contributed by atoms with van der Waals surface area (Å²) in [6.45, 7) is 2.92. The van der Waals surface area contributed by atoms with Gasteiger partial charge in [0, 0.05) is 0 Å². The van der Waals surface area contributed by atoms with Crippen molar-refractivity contribution in [1.82, 2.24) is 0 Å². The fraction of sp³-hybridized carbons (Fsp3) is 0. The number of hydrogen-bond acceptors (Lipinski definition) is 3. The number of allylic oxidation sites excluding steroid dienone is 4. The summed E-state index contributed by atoms with van der Waals surface area (Å²) in [5.41, 5.74) is 0. The van der Waals surface area contributed by atoms with Crippen LogP contribution in [0.15, 0.2) is 37.1 Å². The number of carbonyl (C=O) groups excluding carboxylic acids is 2. The molecule has 0 radical (unpaired) electrons. The maximum absolute atomic E-state index is 10.3. The lowest BCUT2D eigenvalue weighted by atomic mass is 10.2. The van der Waals surface area contributed by atoms with E-state index in [2.05, 4.69) is 6.58 Å². The summed E-state index contributed by atoms with van der Waals surface area (Å²) in [5, 5.41) is 7.33. The van der Waals surface area contributed by atoms with Crippen molar-refractivity contribution >= 4 is 11.6 Å². The molecule has 58 valence electrons. The summed E-state index contributed by atoms with van der Waals surface area (Å²) in [5.74, 6) is -0.241. The quantitative estimate of drug-likeness (QED) is 0.415. The Bertz CT molecular complexity index is 185. The van der Waals surface area contributed by atoms with Crippen molar-refractivity contribution in [2.75, 3.05) is 0 Å². The van der Waals surface area contributed by atoms with Crippen LogP contribution in [0.25, 0.3) is 0 Å². The normalized spacial score (nSPS) is 13.8. The number of hydrogen-bond donors (Lipinski definition) is 1. The molecule has 3 nitrogen and oxygen atoms in total. The van der Waals surface area contributed by atoms with Crippen molar-refractivity contribution in [2.24, 2.45) is 0 Å². The predicted molar refractivity (Wildman–Crippen MR) is 41.1 cm³/mol. The molecule has 0 aromatic carbocycles. The molecule has 3 heteroatoms. The van der Waals surface area contributed by atoms with E-state index in [0.29, 0.717) is 0 Å². The zero-order valence-electron chi connectivity index (χ0n) is 5.86. The summed E-state index contributed by atoms with van der Waals surface area (Å²) in [6.07, 6.45) is 5.76. The average molecular weight is 152 g/mol. The Balaban J connectivity index is 0.000000292. The molecule has 0 aromatic heterocycles. The van der Waals surface area contributed by atoms with Gasteiger partial charge < -0.3 is 5.11 Å². The molecule has 1 N–H and O–H groups in total. The number of rotatable bonds is 0. The monoisotopic (exact) mass is 152 g/mol. The molecule has 11 heavy (non-hydrogen) atoms. The van der Waals surface area contributed by atoms with Crippen molar-refractivity contribution in [1.29, 1.82) is 0 Å². The second-order valence-corrected chi connectivity index (χ2v) is 1.65. The Morgan fingerprint density at radius 1 is 1.09 bits per heavy atom. The minimum absolute atomic E-state index is 0.121. The van der Waals surface area contributed by atoms with Crippen molar-refractivity contribution in [3.8, 4) is 0 Å². The summed E-state index contributed by atoms with van der Waals surface area (Å²) < 4.78 is 0. The van der Waals surface area contributed by atoms with Gasteiger partial charge in [0.05, 0.1) is 6.26 Å². The summed E-state index contributed by atoms with van der Waals surface area (Å²) in [4.78, 5) is 20.6. The van der Waals surface area contributed by atoms with Gasteiger partial charge in [0.15, 0.2) is 11.6 Å². The van der Waals surface area contributed by atoms with Crippen molar-refractivity contribution in [3.05, 3.63) is 37.1 Å². The predicted octanol–water partition coefficient (Wildman–Crippen LogP) is 0.939. The lowest BCUT2D eigenvalue weighted by Crippen LogP contribution is -1.97. The van der Waals surface area contributed by atoms with Crippen LogP contribution in [0.4, 0.5) is 0 Å². The lowest BCUT2D eigenvalue weighted by molar-refractivity contribution is -0.113. The van der Waals surface area contributed by atoms with Gasteiger partial charge in [-0.1, -0.05) is 6.58 Å². The van der Waals surface area contributed by atoms with Crippen LogP contribution in [-0.2, 0) is 9.59 Å². The highest BCUT2D eigenvalue weighted by molar-refractivity contribution is 6.14. The van der Waals surface area contributed by atoms with Gasteiger partial charge in [0.25, 0.3) is 0 Å². The molecule has 0 bridgehead atoms. The molecule has 1 aliphatic rings. The standard InChI is InChI=1S/C6H4O2.C2H4O/c7-5-1-2-6(8)4-3-5;1-2-3/h1-4H;2-3H,1H2. The Morgan fingerprint density at radius 3 is 1.45 bits per heavy atom. The van der Waals surface area contributed by atoms with Gasteiger partial charge in [-0.15, -0.1) is 0 Å². The van der Waals surface area contributed by atoms with Gasteiger partial charge >= 0.3 is 0 Å². The van der Waals surface area contributed by atoms with Crippen molar-refractivity contribution < 1.29 is 14.7 Å². The first-order valence-corrected chi connectivity index (χ1v) is 2.90. The number of aliphatic hydroxyl groups is 1. The number of ketones is 2. The van der Waals surface area contributed by atoms with E-state index in [1.165, 1.54) is 24.3 Å². The van der Waals surface area contributed by atoms with Gasteiger partial charge in [-0.2, -0.15) is 0 Å². The topological polar surface area (TPSA) is 54.4 Å². The van der Waals surface area contributed by atoms with Gasteiger partial charge in [-0.3, -0.25) is 9.59 Å². The molecule has 0 atom stereocenters. The highest BCUT2D eigenvalue weighted by Crippen LogP contribution is 1.90. The molecule has 0 spiro atoms. The van der Waals surface area contributed by atoms with E-state index in [1.807, 2.05) is 0 Å². The average Bonchev–Trinajstić information content (AvgIpc) is 1.97. The van der Waals surface area contributed by atoms with Crippen molar-refractivity contribution in [2.45, 2.75) is 0 Å². The Kier molecular flexibility index (Phi) is 4.40. The third-order valence-corrected chi connectivity index (χ3v) is 0.824. The summed E-state index contributed by atoms with van der Waals surface area (Å²) >= 11 is 0. The third-order valence-electron chi connectivity index (χ3n) is 0.824. The lowest BCUT2D eigenvalue weighted by Gasteiger charge is -1.87. The molecule has 0 saturated carbocycles. The Labute approximate surface area is 64.3 Å². The first kappa shape index (κ1) is 9.36. The molecular weight excluding hydrogens is 144 g/mol. The SMILES string of the molecule is C=CO.O=C1C=CC(=O)C=C1. The maximum atomic E-state index is 10.3. The van der Waals surface area contributed by atoms with Crippen molar-refractivity contribution in [3.63, 3.8) is 0 Å². The van der Waals surface area contributed by atoms with E-state index in [9.17, 15) is 9.59 Å². The molecule has 1 aliphatic carbocycles. The Morgan fingerprint density at radius 2 is 1.27 bits per heavy atom.